The van der Waals surface area contributed by atoms with Crippen LogP contribution in [0.25, 0.3) is 5.69 Å². The second-order valence-electron chi connectivity index (χ2n) is 7.84. The van der Waals surface area contributed by atoms with Crippen molar-refractivity contribution in [2.45, 2.75) is 43.7 Å². The van der Waals surface area contributed by atoms with Crippen LogP contribution in [0.1, 0.15) is 36.0 Å². The molecule has 6 heteroatoms. The van der Waals surface area contributed by atoms with E-state index in [0.717, 1.165) is 29.2 Å². The van der Waals surface area contributed by atoms with Crippen molar-refractivity contribution in [3.63, 3.8) is 0 Å². The van der Waals surface area contributed by atoms with Gasteiger partial charge in [0.15, 0.2) is 5.16 Å². The zero-order valence-corrected chi connectivity index (χ0v) is 17.7. The van der Waals surface area contributed by atoms with Gasteiger partial charge >= 0.3 is 0 Å². The van der Waals surface area contributed by atoms with Crippen LogP contribution in [-0.2, 0) is 10.2 Å². The molecule has 1 aliphatic rings. The number of rotatable bonds is 7. The van der Waals surface area contributed by atoms with E-state index in [2.05, 4.69) is 71.8 Å². The van der Waals surface area contributed by atoms with Crippen molar-refractivity contribution < 1.29 is 4.79 Å². The van der Waals surface area contributed by atoms with Crippen LogP contribution in [0.3, 0.4) is 0 Å². The van der Waals surface area contributed by atoms with Crippen LogP contribution < -0.4 is 5.32 Å². The summed E-state index contributed by atoms with van der Waals surface area (Å²) in [5.41, 5.74) is 4.84. The Hall–Kier alpha value is -2.60. The van der Waals surface area contributed by atoms with Crippen molar-refractivity contribution >= 4 is 17.7 Å². The van der Waals surface area contributed by atoms with Gasteiger partial charge in [-0.2, -0.15) is 0 Å². The maximum Gasteiger partial charge on any atom is 0.230 e. The molecule has 1 saturated carbocycles. The molecule has 1 amide bonds. The number of aryl methyl sites for hydroxylation is 2. The summed E-state index contributed by atoms with van der Waals surface area (Å²) in [6.07, 6.45) is 5.19. The van der Waals surface area contributed by atoms with Crippen molar-refractivity contribution in [3.05, 3.63) is 71.5 Å². The van der Waals surface area contributed by atoms with Gasteiger partial charge in [0.05, 0.1) is 11.4 Å². The second kappa shape index (κ2) is 8.41. The lowest BCUT2D eigenvalue weighted by atomic mass is 9.64. The van der Waals surface area contributed by atoms with Gasteiger partial charge in [0.2, 0.25) is 5.91 Å². The number of hydrogen-bond donors (Lipinski definition) is 1. The highest BCUT2D eigenvalue weighted by Gasteiger charge is 2.38. The molecule has 0 radical (unpaired) electrons. The number of carbonyl (C=O) groups excluding carboxylic acids is 1. The van der Waals surface area contributed by atoms with Crippen molar-refractivity contribution in [1.82, 2.24) is 20.1 Å². The third kappa shape index (κ3) is 4.22. The maximum atomic E-state index is 12.5. The summed E-state index contributed by atoms with van der Waals surface area (Å²) < 4.78 is 1.95. The number of benzene rings is 2. The van der Waals surface area contributed by atoms with Crippen LogP contribution in [-0.4, -0.2) is 33.0 Å². The van der Waals surface area contributed by atoms with Crippen molar-refractivity contribution in [3.8, 4) is 5.69 Å². The standard InChI is InChI=1S/C23H26N4OS/c1-17-9-10-20(18(2)13-17)27-16-25-26-22(27)29-14-21(28)24-15-23(11-6-12-23)19-7-4-3-5-8-19/h3-5,7-10,13,16H,6,11-12,14-15H2,1-2H3,(H,24,28). The highest BCUT2D eigenvalue weighted by molar-refractivity contribution is 7.99. The molecule has 29 heavy (non-hydrogen) atoms. The summed E-state index contributed by atoms with van der Waals surface area (Å²) in [7, 11) is 0. The molecular weight excluding hydrogens is 380 g/mol. The Kier molecular flexibility index (Phi) is 5.72. The van der Waals surface area contributed by atoms with E-state index in [0.29, 0.717) is 12.3 Å². The molecule has 3 aromatic rings. The molecule has 1 heterocycles. The third-order valence-electron chi connectivity index (χ3n) is 5.78. The molecule has 5 nitrogen and oxygen atoms in total. The lowest BCUT2D eigenvalue weighted by Crippen LogP contribution is -2.46. The quantitative estimate of drug-likeness (QED) is 0.597. The second-order valence-corrected chi connectivity index (χ2v) is 8.78. The summed E-state index contributed by atoms with van der Waals surface area (Å²) in [5, 5.41) is 12.1. The topological polar surface area (TPSA) is 59.8 Å². The van der Waals surface area contributed by atoms with Crippen molar-refractivity contribution in [1.29, 1.82) is 0 Å². The molecule has 1 fully saturated rings. The SMILES string of the molecule is Cc1ccc(-n2cnnc2SCC(=O)NCC2(c3ccccc3)CCC2)c(C)c1. The number of hydrogen-bond acceptors (Lipinski definition) is 4. The first-order chi connectivity index (χ1) is 14.1. The molecule has 0 saturated heterocycles. The summed E-state index contributed by atoms with van der Waals surface area (Å²) in [5.74, 6) is 0.362. The number of aromatic nitrogens is 3. The molecule has 0 spiro atoms. The van der Waals surface area contributed by atoms with Crippen molar-refractivity contribution in [2.24, 2.45) is 0 Å². The van der Waals surface area contributed by atoms with E-state index in [1.165, 1.54) is 29.3 Å². The summed E-state index contributed by atoms with van der Waals surface area (Å²) in [6.45, 7) is 4.85. The molecule has 150 valence electrons. The van der Waals surface area contributed by atoms with E-state index in [9.17, 15) is 4.79 Å². The molecule has 0 atom stereocenters. The van der Waals surface area contributed by atoms with E-state index in [4.69, 9.17) is 0 Å². The number of amides is 1. The summed E-state index contributed by atoms with van der Waals surface area (Å²) >= 11 is 1.42. The Balaban J connectivity index is 1.37. The van der Waals surface area contributed by atoms with Gasteiger partial charge in [-0.3, -0.25) is 9.36 Å². The fourth-order valence-corrected chi connectivity index (χ4v) is 4.73. The smallest absolute Gasteiger partial charge is 0.230 e. The van der Waals surface area contributed by atoms with Crippen LogP contribution in [0, 0.1) is 13.8 Å². The Morgan fingerprint density at radius 1 is 1.17 bits per heavy atom. The average molecular weight is 407 g/mol. The maximum absolute atomic E-state index is 12.5. The zero-order valence-electron chi connectivity index (χ0n) is 16.9. The third-order valence-corrected chi connectivity index (χ3v) is 6.72. The van der Waals surface area contributed by atoms with Crippen LogP contribution in [0.4, 0.5) is 0 Å². The average Bonchev–Trinajstić information content (AvgIpc) is 3.15. The van der Waals surface area contributed by atoms with Gasteiger partial charge in [-0.15, -0.1) is 10.2 Å². The van der Waals surface area contributed by atoms with E-state index >= 15 is 0 Å². The Morgan fingerprint density at radius 2 is 1.97 bits per heavy atom. The monoisotopic (exact) mass is 406 g/mol. The summed E-state index contributed by atoms with van der Waals surface area (Å²) in [6, 6.07) is 16.8. The lowest BCUT2D eigenvalue weighted by molar-refractivity contribution is -0.119. The fraction of sp³-hybridized carbons (Fsp3) is 0.348. The van der Waals surface area contributed by atoms with Gasteiger partial charge in [-0.05, 0) is 43.9 Å². The molecule has 0 unspecified atom stereocenters. The largest absolute Gasteiger partial charge is 0.354 e. The van der Waals surface area contributed by atoms with E-state index in [1.54, 1.807) is 6.33 Å². The van der Waals surface area contributed by atoms with Gasteiger partial charge in [0.1, 0.15) is 6.33 Å². The summed E-state index contributed by atoms with van der Waals surface area (Å²) in [4.78, 5) is 12.5. The van der Waals surface area contributed by atoms with Gasteiger partial charge in [-0.1, -0.05) is 66.2 Å². The first-order valence-electron chi connectivity index (χ1n) is 10.0. The van der Waals surface area contributed by atoms with Gasteiger partial charge in [-0.25, -0.2) is 0 Å². The van der Waals surface area contributed by atoms with Gasteiger partial charge < -0.3 is 5.32 Å². The van der Waals surface area contributed by atoms with Crippen LogP contribution in [0.5, 0.6) is 0 Å². The molecule has 0 aliphatic heterocycles. The molecule has 1 N–H and O–H groups in total. The normalized spacial score (nSPS) is 15.0. The van der Waals surface area contributed by atoms with Crippen LogP contribution in [0.15, 0.2) is 60.0 Å². The predicted molar refractivity (Wildman–Crippen MR) is 117 cm³/mol. The van der Waals surface area contributed by atoms with E-state index in [-0.39, 0.29) is 11.3 Å². The predicted octanol–water partition coefficient (Wildman–Crippen LogP) is 4.21. The highest BCUT2D eigenvalue weighted by atomic mass is 32.2. The van der Waals surface area contributed by atoms with Gasteiger partial charge in [0, 0.05) is 12.0 Å². The minimum Gasteiger partial charge on any atom is -0.354 e. The van der Waals surface area contributed by atoms with E-state index < -0.39 is 0 Å². The van der Waals surface area contributed by atoms with Crippen LogP contribution >= 0.6 is 11.8 Å². The molecule has 1 aliphatic carbocycles. The Morgan fingerprint density at radius 3 is 2.66 bits per heavy atom. The van der Waals surface area contributed by atoms with Crippen molar-refractivity contribution in [2.75, 3.05) is 12.3 Å². The fourth-order valence-electron chi connectivity index (χ4n) is 3.98. The number of nitrogens with one attached hydrogen (secondary N) is 1. The molecule has 0 bridgehead atoms. The molecule has 2 aromatic carbocycles. The lowest BCUT2D eigenvalue weighted by Gasteiger charge is -2.42. The molecule has 1 aromatic heterocycles. The van der Waals surface area contributed by atoms with E-state index in [1.807, 2.05) is 10.6 Å². The zero-order chi connectivity index (χ0) is 20.3. The number of thioether (sulfide) groups is 1. The minimum atomic E-state index is 0.0346. The first kappa shape index (κ1) is 19.7. The highest BCUT2D eigenvalue weighted by Crippen LogP contribution is 2.43. The Labute approximate surface area is 175 Å². The Bertz CT molecular complexity index is 995. The first-order valence-corrected chi connectivity index (χ1v) is 11.0. The van der Waals surface area contributed by atoms with Crippen LogP contribution in [0.2, 0.25) is 0 Å². The minimum absolute atomic E-state index is 0.0346. The number of carbonyl (C=O) groups is 1. The number of nitrogens with zero attached hydrogens (tertiary/aromatic N) is 3. The van der Waals surface area contributed by atoms with Gasteiger partial charge in [0.25, 0.3) is 0 Å². The molecule has 4 rings (SSSR count). The molecular formula is C23H26N4OS.